The van der Waals surface area contributed by atoms with Gasteiger partial charge in [-0.05, 0) is 80.3 Å². The van der Waals surface area contributed by atoms with Gasteiger partial charge in [0.05, 0.1) is 7.11 Å². The molecule has 4 heteroatoms. The molecule has 0 spiro atoms. The smallest absolute Gasteiger partial charge is 0.173 e. The number of ether oxygens (including phenoxy) is 2. The molecule has 1 saturated heterocycles. The highest BCUT2D eigenvalue weighted by Crippen LogP contribution is 2.66. The standard InChI is InChI=1S/C34H37NO3/c1-37-29-15-14-26-20-30-33(21-24-8-4-2-5-9-24)17-16-27(36)22-34(33,18-19-35(30)23-25-12-13-25)31(26)32(29)38-28-10-6-3-7-11-28/h2-11,14-15,25,30H,12-13,16-23H2,1H3/t30-,33-,34-/m1/s1. The van der Waals surface area contributed by atoms with Crippen LogP contribution in [0.2, 0.25) is 0 Å². The van der Waals surface area contributed by atoms with E-state index in [1.54, 1.807) is 7.11 Å². The molecule has 0 amide bonds. The zero-order valence-electron chi connectivity index (χ0n) is 22.3. The monoisotopic (exact) mass is 507 g/mol. The number of fused-ring (bicyclic) bond motifs is 1. The van der Waals surface area contributed by atoms with E-state index in [2.05, 4.69) is 47.4 Å². The van der Waals surface area contributed by atoms with E-state index >= 15 is 0 Å². The first-order valence-corrected chi connectivity index (χ1v) is 14.3. The van der Waals surface area contributed by atoms with Crippen LogP contribution in [0.1, 0.15) is 55.2 Å². The van der Waals surface area contributed by atoms with Gasteiger partial charge in [0, 0.05) is 41.8 Å². The highest BCUT2D eigenvalue weighted by atomic mass is 16.5. The number of carbonyl (C=O) groups is 1. The highest BCUT2D eigenvalue weighted by molar-refractivity contribution is 5.83. The van der Waals surface area contributed by atoms with Gasteiger partial charge >= 0.3 is 0 Å². The van der Waals surface area contributed by atoms with Crippen molar-refractivity contribution in [3.05, 3.63) is 89.5 Å². The summed E-state index contributed by atoms with van der Waals surface area (Å²) in [4.78, 5) is 16.2. The predicted octanol–water partition coefficient (Wildman–Crippen LogP) is 6.75. The molecule has 1 heterocycles. The largest absolute Gasteiger partial charge is 0.493 e. The molecule has 3 aromatic carbocycles. The fourth-order valence-corrected chi connectivity index (χ4v) is 8.21. The summed E-state index contributed by atoms with van der Waals surface area (Å²) in [6.45, 7) is 2.25. The minimum atomic E-state index is -0.269. The average Bonchev–Trinajstić information content (AvgIpc) is 3.76. The molecule has 0 aromatic heterocycles. The second-order valence-corrected chi connectivity index (χ2v) is 12.1. The van der Waals surface area contributed by atoms with Crippen LogP contribution in [-0.2, 0) is 23.1 Å². The fourth-order valence-electron chi connectivity index (χ4n) is 8.21. The van der Waals surface area contributed by atoms with Crippen molar-refractivity contribution in [2.24, 2.45) is 11.3 Å². The number of piperidine rings is 1. The Morgan fingerprint density at radius 1 is 0.947 bits per heavy atom. The van der Waals surface area contributed by atoms with E-state index in [1.165, 1.54) is 36.1 Å². The maximum atomic E-state index is 13.4. The van der Waals surface area contributed by atoms with Crippen molar-refractivity contribution in [2.75, 3.05) is 20.2 Å². The van der Waals surface area contributed by atoms with Crippen LogP contribution in [0.25, 0.3) is 0 Å². The van der Waals surface area contributed by atoms with Crippen LogP contribution in [0.5, 0.6) is 17.2 Å². The Bertz CT molecular complexity index is 1330. The van der Waals surface area contributed by atoms with Gasteiger partial charge in [0.2, 0.25) is 0 Å². The van der Waals surface area contributed by atoms with Crippen LogP contribution in [0.3, 0.4) is 0 Å². The van der Waals surface area contributed by atoms with Gasteiger partial charge in [-0.25, -0.2) is 0 Å². The van der Waals surface area contributed by atoms with Gasteiger partial charge < -0.3 is 9.47 Å². The van der Waals surface area contributed by atoms with Crippen molar-refractivity contribution < 1.29 is 14.3 Å². The minimum absolute atomic E-state index is 0.0242. The van der Waals surface area contributed by atoms with Crippen LogP contribution in [0.4, 0.5) is 0 Å². The molecular formula is C34H37NO3. The predicted molar refractivity (Wildman–Crippen MR) is 149 cm³/mol. The number of methoxy groups -OCH3 is 1. The van der Waals surface area contributed by atoms with Crippen molar-refractivity contribution in [3.63, 3.8) is 0 Å². The number of Topliss-reactive ketones (excluding diaryl/α,β-unsaturated/α-hetero) is 1. The Kier molecular flexibility index (Phi) is 5.85. The van der Waals surface area contributed by atoms with Gasteiger partial charge in [0.25, 0.3) is 0 Å². The Labute approximate surface area is 226 Å². The molecule has 7 rings (SSSR count). The number of nitrogens with zero attached hydrogens (tertiary/aromatic N) is 1. The molecule has 38 heavy (non-hydrogen) atoms. The maximum Gasteiger partial charge on any atom is 0.173 e. The molecule has 3 aliphatic carbocycles. The van der Waals surface area contributed by atoms with E-state index in [9.17, 15) is 4.79 Å². The maximum absolute atomic E-state index is 13.4. The van der Waals surface area contributed by atoms with Gasteiger partial charge in [-0.15, -0.1) is 0 Å². The van der Waals surface area contributed by atoms with Crippen molar-refractivity contribution in [1.29, 1.82) is 0 Å². The number of carbonyl (C=O) groups excluding carboxylic acids is 1. The topological polar surface area (TPSA) is 38.8 Å². The van der Waals surface area contributed by atoms with Crippen LogP contribution >= 0.6 is 0 Å². The number of benzene rings is 3. The SMILES string of the molecule is COc1ccc2c(c1Oc1ccccc1)[C@]13CCN(CC4CC4)[C@H](C2)[C@]1(Cc1ccccc1)CCC(=O)C3. The number of hydrogen-bond donors (Lipinski definition) is 0. The number of ketones is 1. The second kappa shape index (κ2) is 9.27. The van der Waals surface area contributed by atoms with Crippen molar-refractivity contribution in [3.8, 4) is 17.2 Å². The summed E-state index contributed by atoms with van der Waals surface area (Å²) >= 11 is 0. The first kappa shape index (κ1) is 24.0. The summed E-state index contributed by atoms with van der Waals surface area (Å²) in [5.41, 5.74) is 3.66. The van der Waals surface area contributed by atoms with E-state index in [4.69, 9.17) is 9.47 Å². The first-order chi connectivity index (χ1) is 18.6. The lowest BCUT2D eigenvalue weighted by atomic mass is 9.42. The van der Waals surface area contributed by atoms with E-state index in [0.717, 1.165) is 55.4 Å². The first-order valence-electron chi connectivity index (χ1n) is 14.3. The summed E-state index contributed by atoms with van der Waals surface area (Å²) in [5.74, 6) is 3.62. The van der Waals surface area contributed by atoms with E-state index in [-0.39, 0.29) is 10.8 Å². The Hall–Kier alpha value is -3.11. The summed E-state index contributed by atoms with van der Waals surface area (Å²) in [6.07, 6.45) is 7.92. The number of rotatable bonds is 7. The minimum Gasteiger partial charge on any atom is -0.493 e. The summed E-state index contributed by atoms with van der Waals surface area (Å²) in [6, 6.07) is 25.8. The fraction of sp³-hybridized carbons (Fsp3) is 0.441. The van der Waals surface area contributed by atoms with Gasteiger partial charge in [-0.2, -0.15) is 0 Å². The molecule has 3 atom stereocenters. The van der Waals surface area contributed by atoms with Gasteiger partial charge in [0.15, 0.2) is 11.5 Å². The molecule has 0 N–H and O–H groups in total. The van der Waals surface area contributed by atoms with Crippen LogP contribution in [0, 0.1) is 11.3 Å². The molecule has 4 nitrogen and oxygen atoms in total. The van der Waals surface area contributed by atoms with Gasteiger partial charge in [-0.3, -0.25) is 9.69 Å². The lowest BCUT2D eigenvalue weighted by molar-refractivity contribution is -0.139. The molecule has 196 valence electrons. The Morgan fingerprint density at radius 3 is 2.45 bits per heavy atom. The molecule has 2 saturated carbocycles. The van der Waals surface area contributed by atoms with E-state index < -0.39 is 0 Å². The second-order valence-electron chi connectivity index (χ2n) is 12.1. The normalized spacial score (nSPS) is 28.3. The quantitative estimate of drug-likeness (QED) is 0.355. The van der Waals surface area contributed by atoms with E-state index in [1.807, 2.05) is 30.3 Å². The van der Waals surface area contributed by atoms with Gasteiger partial charge in [0.1, 0.15) is 11.5 Å². The zero-order valence-corrected chi connectivity index (χ0v) is 22.3. The molecular weight excluding hydrogens is 470 g/mol. The van der Waals surface area contributed by atoms with Crippen LogP contribution < -0.4 is 9.47 Å². The third kappa shape index (κ3) is 3.79. The Morgan fingerprint density at radius 2 is 1.71 bits per heavy atom. The number of para-hydroxylation sites is 1. The average molecular weight is 508 g/mol. The van der Waals surface area contributed by atoms with E-state index in [0.29, 0.717) is 24.7 Å². The summed E-state index contributed by atoms with van der Waals surface area (Å²) in [7, 11) is 1.73. The van der Waals surface area contributed by atoms with Crippen molar-refractivity contribution in [1.82, 2.24) is 4.90 Å². The molecule has 3 aromatic rings. The van der Waals surface area contributed by atoms with Crippen LogP contribution in [-0.4, -0.2) is 36.9 Å². The summed E-state index contributed by atoms with van der Waals surface area (Å²) < 4.78 is 12.7. The Balaban J connectivity index is 1.45. The third-order valence-electron chi connectivity index (χ3n) is 10.0. The molecule has 3 fully saturated rings. The molecule has 4 aliphatic rings. The van der Waals surface area contributed by atoms with Crippen molar-refractivity contribution in [2.45, 2.75) is 62.8 Å². The van der Waals surface area contributed by atoms with Crippen LogP contribution in [0.15, 0.2) is 72.8 Å². The lowest BCUT2D eigenvalue weighted by Crippen LogP contribution is -2.69. The van der Waals surface area contributed by atoms with Crippen molar-refractivity contribution >= 4 is 5.78 Å². The zero-order chi connectivity index (χ0) is 25.7. The molecule has 2 bridgehead atoms. The lowest BCUT2D eigenvalue weighted by Gasteiger charge is -2.66. The summed E-state index contributed by atoms with van der Waals surface area (Å²) in [5, 5.41) is 0. The van der Waals surface area contributed by atoms with Gasteiger partial charge in [-0.1, -0.05) is 54.6 Å². The highest BCUT2D eigenvalue weighted by Gasteiger charge is 2.66. The molecule has 0 radical (unpaired) electrons. The number of hydrogen-bond acceptors (Lipinski definition) is 4. The number of likely N-dealkylation sites (tertiary alicyclic amines) is 1. The third-order valence-corrected chi connectivity index (χ3v) is 10.0. The molecule has 1 aliphatic heterocycles. The molecule has 0 unspecified atom stereocenters.